The minimum absolute atomic E-state index is 0.0511. The van der Waals surface area contributed by atoms with E-state index >= 15 is 0 Å². The molecule has 4 heterocycles. The Morgan fingerprint density at radius 2 is 2.00 bits per heavy atom. The normalized spacial score (nSPS) is 32.7. The molecule has 0 radical (unpaired) electrons. The maximum atomic E-state index is 12.3. The summed E-state index contributed by atoms with van der Waals surface area (Å²) in [6.07, 6.45) is 8.34. The average Bonchev–Trinajstić information content (AvgIpc) is 3.28. The number of rotatable bonds is 8. The molecular formula is C26H39NO7. The lowest BCUT2D eigenvalue weighted by molar-refractivity contribution is -0.134. The van der Waals surface area contributed by atoms with Gasteiger partial charge in [-0.25, -0.2) is 4.79 Å². The van der Waals surface area contributed by atoms with Crippen LogP contribution in [-0.2, 0) is 19.0 Å². The zero-order valence-electron chi connectivity index (χ0n) is 20.5. The van der Waals surface area contributed by atoms with E-state index in [1.165, 1.54) is 7.11 Å². The number of piperidine rings is 1. The van der Waals surface area contributed by atoms with E-state index in [2.05, 4.69) is 24.8 Å². The van der Waals surface area contributed by atoms with Gasteiger partial charge in [-0.2, -0.15) is 0 Å². The minimum atomic E-state index is -0.660. The third-order valence-electron chi connectivity index (χ3n) is 7.76. The molecule has 0 aromatic heterocycles. The number of fused-ring (bicyclic) bond motifs is 3. The topological polar surface area (TPSA) is 109 Å². The van der Waals surface area contributed by atoms with E-state index in [0.717, 1.165) is 57.2 Å². The molecule has 0 aliphatic carbocycles. The van der Waals surface area contributed by atoms with Crippen molar-refractivity contribution in [3.05, 3.63) is 34.7 Å². The fourth-order valence-corrected chi connectivity index (χ4v) is 6.15. The zero-order chi connectivity index (χ0) is 24.4. The summed E-state index contributed by atoms with van der Waals surface area (Å²) in [6, 6.07) is 0.210. The van der Waals surface area contributed by atoms with Crippen molar-refractivity contribution in [2.45, 2.75) is 77.0 Å². The van der Waals surface area contributed by atoms with Crippen molar-refractivity contribution in [2.24, 2.45) is 17.8 Å². The number of nitrogens with zero attached hydrogens (tertiary/aromatic N) is 1. The number of hydrogen-bond donors (Lipinski definition) is 3. The number of cyclic esters (lactones) is 1. The number of carbonyl (C=O) groups excluding carboxylic acids is 1. The second kappa shape index (κ2) is 10.8. The molecule has 2 saturated heterocycles. The molecule has 4 aliphatic heterocycles. The zero-order valence-corrected chi connectivity index (χ0v) is 20.5. The van der Waals surface area contributed by atoms with E-state index < -0.39 is 18.5 Å². The fourth-order valence-electron chi connectivity index (χ4n) is 6.15. The maximum absolute atomic E-state index is 12.3. The number of aliphatic hydroxyl groups is 3. The first-order chi connectivity index (χ1) is 16.4. The fraction of sp³-hybridized carbons (Fsp3) is 0.731. The molecule has 0 saturated carbocycles. The van der Waals surface area contributed by atoms with Gasteiger partial charge in [0.25, 0.3) is 0 Å². The van der Waals surface area contributed by atoms with Crippen molar-refractivity contribution in [1.82, 2.24) is 4.90 Å². The summed E-state index contributed by atoms with van der Waals surface area (Å²) in [5.74, 6) is 0.948. The van der Waals surface area contributed by atoms with Crippen molar-refractivity contribution in [2.75, 3.05) is 26.9 Å². The van der Waals surface area contributed by atoms with Gasteiger partial charge in [0, 0.05) is 24.5 Å². The third-order valence-corrected chi connectivity index (χ3v) is 7.76. The van der Waals surface area contributed by atoms with Crippen LogP contribution in [0.25, 0.3) is 0 Å². The first-order valence-corrected chi connectivity index (χ1v) is 12.7. The lowest BCUT2D eigenvalue weighted by atomic mass is 9.78. The molecule has 0 aromatic rings. The highest BCUT2D eigenvalue weighted by Gasteiger charge is 2.51. The molecule has 0 bridgehead atoms. The van der Waals surface area contributed by atoms with Gasteiger partial charge >= 0.3 is 5.97 Å². The summed E-state index contributed by atoms with van der Waals surface area (Å²) in [7, 11) is 1.42. The van der Waals surface area contributed by atoms with Gasteiger partial charge in [-0.1, -0.05) is 33.1 Å². The number of carbonyl (C=O) groups is 1. The predicted molar refractivity (Wildman–Crippen MR) is 125 cm³/mol. The quantitative estimate of drug-likeness (QED) is 0.458. The molecule has 4 aliphatic rings. The van der Waals surface area contributed by atoms with E-state index in [1.807, 2.05) is 0 Å². The summed E-state index contributed by atoms with van der Waals surface area (Å²) >= 11 is 0. The Balaban J connectivity index is 1.61. The van der Waals surface area contributed by atoms with Gasteiger partial charge in [0.15, 0.2) is 11.5 Å². The van der Waals surface area contributed by atoms with Crippen molar-refractivity contribution >= 4 is 5.97 Å². The van der Waals surface area contributed by atoms with Gasteiger partial charge in [-0.15, -0.1) is 0 Å². The van der Waals surface area contributed by atoms with E-state index in [1.54, 1.807) is 0 Å². The Kier molecular flexibility index (Phi) is 8.02. The van der Waals surface area contributed by atoms with Crippen LogP contribution in [0.4, 0.5) is 0 Å². The van der Waals surface area contributed by atoms with Crippen molar-refractivity contribution in [3.63, 3.8) is 0 Å². The summed E-state index contributed by atoms with van der Waals surface area (Å²) < 4.78 is 17.1. The van der Waals surface area contributed by atoms with Crippen LogP contribution in [0.3, 0.4) is 0 Å². The molecule has 8 nitrogen and oxygen atoms in total. The SMILES string of the molecule is COC1=C(CO)C(=O)O/C1=C1/OC2=CCCN3[C@@H](CCC[C@H]3[C@@H](O)CCCC(C)C)[C@H]2[C@@H]1CO. The van der Waals surface area contributed by atoms with Crippen LogP contribution in [0.15, 0.2) is 34.7 Å². The Hall–Kier alpha value is -1.87. The number of methoxy groups -OCH3 is 1. The Morgan fingerprint density at radius 3 is 2.68 bits per heavy atom. The lowest BCUT2D eigenvalue weighted by Gasteiger charge is -2.46. The second-order valence-corrected chi connectivity index (χ2v) is 10.3. The molecule has 0 spiro atoms. The number of esters is 1. The van der Waals surface area contributed by atoms with Gasteiger partial charge in [-0.3, -0.25) is 4.90 Å². The van der Waals surface area contributed by atoms with Crippen LogP contribution in [0.1, 0.15) is 58.8 Å². The highest BCUT2D eigenvalue weighted by atomic mass is 16.6. The van der Waals surface area contributed by atoms with Gasteiger partial charge in [0.05, 0.1) is 32.3 Å². The van der Waals surface area contributed by atoms with E-state index in [4.69, 9.17) is 14.2 Å². The Bertz CT molecular complexity index is 861. The van der Waals surface area contributed by atoms with Gasteiger partial charge in [0.2, 0.25) is 5.76 Å². The standard InChI is InChI=1S/C26H39NO7/c1-15(2)7-4-10-20(30)18-8-5-9-19-22-16(13-28)24(33-21(22)11-6-12-27(18)19)25-23(32-3)17(14-29)26(31)34-25/h11,15-16,18-20,22,28-30H,4-10,12-14H2,1-3H3/b25-24+/t16-,18-,19-,20-,22+/m0/s1. The van der Waals surface area contributed by atoms with Crippen molar-refractivity contribution < 1.29 is 34.3 Å². The van der Waals surface area contributed by atoms with E-state index in [-0.39, 0.29) is 47.8 Å². The molecule has 2 fully saturated rings. The third kappa shape index (κ3) is 4.65. The van der Waals surface area contributed by atoms with Gasteiger partial charge in [0.1, 0.15) is 11.3 Å². The molecule has 5 atom stereocenters. The van der Waals surface area contributed by atoms with Crippen LogP contribution in [0, 0.1) is 17.8 Å². The smallest absolute Gasteiger partial charge is 0.345 e. The summed E-state index contributed by atoms with van der Waals surface area (Å²) in [5, 5.41) is 31.2. The molecule has 4 rings (SSSR count). The summed E-state index contributed by atoms with van der Waals surface area (Å²) in [5.41, 5.74) is 0.0511. The first kappa shape index (κ1) is 25.2. The molecule has 0 aromatic carbocycles. The van der Waals surface area contributed by atoms with Crippen LogP contribution < -0.4 is 0 Å². The van der Waals surface area contributed by atoms with E-state index in [0.29, 0.717) is 11.7 Å². The molecule has 34 heavy (non-hydrogen) atoms. The highest BCUT2D eigenvalue weighted by molar-refractivity contribution is 5.94. The van der Waals surface area contributed by atoms with Gasteiger partial charge < -0.3 is 29.5 Å². The molecule has 190 valence electrons. The monoisotopic (exact) mass is 477 g/mol. The van der Waals surface area contributed by atoms with Crippen molar-refractivity contribution in [1.29, 1.82) is 0 Å². The minimum Gasteiger partial charge on any atom is -0.492 e. The molecule has 0 amide bonds. The van der Waals surface area contributed by atoms with E-state index in [9.17, 15) is 20.1 Å². The highest BCUT2D eigenvalue weighted by Crippen LogP contribution is 2.49. The Morgan fingerprint density at radius 1 is 1.21 bits per heavy atom. The summed E-state index contributed by atoms with van der Waals surface area (Å²) in [6.45, 7) is 4.59. The molecule has 0 unspecified atom stereocenters. The molecular weight excluding hydrogens is 438 g/mol. The number of ether oxygens (including phenoxy) is 3. The Labute approximate surface area is 201 Å². The molecule has 8 heteroatoms. The molecule has 3 N–H and O–H groups in total. The second-order valence-electron chi connectivity index (χ2n) is 10.3. The first-order valence-electron chi connectivity index (χ1n) is 12.7. The van der Waals surface area contributed by atoms with Gasteiger partial charge in [-0.05, 0) is 37.7 Å². The van der Waals surface area contributed by atoms with Crippen LogP contribution >= 0.6 is 0 Å². The number of aliphatic hydroxyl groups excluding tert-OH is 3. The van der Waals surface area contributed by atoms with Crippen molar-refractivity contribution in [3.8, 4) is 0 Å². The average molecular weight is 478 g/mol. The summed E-state index contributed by atoms with van der Waals surface area (Å²) in [4.78, 5) is 14.7. The largest absolute Gasteiger partial charge is 0.492 e. The maximum Gasteiger partial charge on any atom is 0.345 e. The van der Waals surface area contributed by atoms with Crippen LogP contribution in [0.2, 0.25) is 0 Å². The predicted octanol–water partition coefficient (Wildman–Crippen LogP) is 2.60. The lowest BCUT2D eigenvalue weighted by Crippen LogP contribution is -2.55. The van der Waals surface area contributed by atoms with Crippen LogP contribution in [-0.4, -0.2) is 71.2 Å². The van der Waals surface area contributed by atoms with Crippen LogP contribution in [0.5, 0.6) is 0 Å². The number of hydrogen-bond acceptors (Lipinski definition) is 8.